The van der Waals surface area contributed by atoms with Crippen LogP contribution in [0.25, 0.3) is 0 Å². The Balaban J connectivity index is 3.79. The molecule has 0 aliphatic heterocycles. The molecule has 0 amide bonds. The van der Waals surface area contributed by atoms with Crippen LogP contribution in [-0.2, 0) is 20.0 Å². The van der Waals surface area contributed by atoms with E-state index in [1.807, 2.05) is 0 Å². The average molecular weight is 505 g/mol. The van der Waals surface area contributed by atoms with E-state index in [4.69, 9.17) is 0 Å². The molecular weight excluding hydrogens is 505 g/mol. The smallest absolute Gasteiger partial charge is 0.205 e. The van der Waals surface area contributed by atoms with E-state index in [9.17, 15) is 52.0 Å². The molecule has 0 unspecified atom stereocenters. The third-order valence-electron chi connectivity index (χ3n) is 2.10. The van der Waals surface area contributed by atoms with E-state index >= 15 is 0 Å². The van der Waals surface area contributed by atoms with Crippen molar-refractivity contribution < 1.29 is 52.0 Å². The molecule has 0 aromatic heterocycles. The van der Waals surface area contributed by atoms with Gasteiger partial charge in [-0.2, -0.15) is 13.2 Å². The van der Waals surface area contributed by atoms with E-state index < -0.39 is 61.5 Å². The molecule has 1 aromatic carbocycles. The van der Waals surface area contributed by atoms with Crippen LogP contribution >= 0.6 is 22.9 Å². The first-order valence-corrected chi connectivity index (χ1v) is 8.47. The van der Waals surface area contributed by atoms with Crippen molar-refractivity contribution in [2.45, 2.75) is 10.4 Å². The van der Waals surface area contributed by atoms with Gasteiger partial charge in [-0.15, -0.1) is 0 Å². The van der Waals surface area contributed by atoms with Crippen LogP contribution in [0.4, 0.5) is 35.1 Å². The molecule has 0 aliphatic rings. The standard InChI is InChI=1S/C7F8INO4S2/c8-1-2(9)4(11)6(5(12)3(1)10)22(18,19)17(16)23(20,21)7(13,14)15. The summed E-state index contributed by atoms with van der Waals surface area (Å²) in [6, 6.07) is 0. The maximum Gasteiger partial charge on any atom is 0.513 e. The van der Waals surface area contributed by atoms with E-state index in [1.165, 1.54) is 0 Å². The summed E-state index contributed by atoms with van der Waals surface area (Å²) in [7, 11) is -13.0. The van der Waals surface area contributed by atoms with Gasteiger partial charge in [-0.1, -0.05) is 0 Å². The first-order valence-electron chi connectivity index (χ1n) is 4.62. The van der Waals surface area contributed by atoms with Gasteiger partial charge in [0.2, 0.25) is 5.82 Å². The average Bonchev–Trinajstić information content (AvgIpc) is 2.40. The molecule has 0 spiro atoms. The molecule has 0 saturated heterocycles. The molecule has 23 heavy (non-hydrogen) atoms. The van der Waals surface area contributed by atoms with Crippen molar-refractivity contribution >= 4 is 42.9 Å². The molecule has 5 nitrogen and oxygen atoms in total. The fourth-order valence-corrected chi connectivity index (χ4v) is 4.80. The van der Waals surface area contributed by atoms with Crippen LogP contribution in [0.1, 0.15) is 0 Å². The predicted molar refractivity (Wildman–Crippen MR) is 64.3 cm³/mol. The van der Waals surface area contributed by atoms with Crippen LogP contribution in [0.15, 0.2) is 4.90 Å². The van der Waals surface area contributed by atoms with Gasteiger partial charge in [0.15, 0.2) is 28.2 Å². The summed E-state index contributed by atoms with van der Waals surface area (Å²) in [5.41, 5.74) is -6.22. The fourth-order valence-electron chi connectivity index (χ4n) is 1.09. The van der Waals surface area contributed by atoms with E-state index in [2.05, 4.69) is 0 Å². The summed E-state index contributed by atoms with van der Waals surface area (Å²) < 4.78 is 146. The van der Waals surface area contributed by atoms with Gasteiger partial charge in [0.05, 0.1) is 22.9 Å². The van der Waals surface area contributed by atoms with E-state index in [0.717, 1.165) is 0 Å². The number of halogens is 9. The zero-order valence-corrected chi connectivity index (χ0v) is 13.6. The van der Waals surface area contributed by atoms with Crippen molar-refractivity contribution in [1.29, 1.82) is 0 Å². The van der Waals surface area contributed by atoms with Crippen molar-refractivity contribution in [1.82, 2.24) is 1.92 Å². The number of alkyl halides is 3. The topological polar surface area (TPSA) is 71.5 Å². The third kappa shape index (κ3) is 3.12. The molecule has 16 heteroatoms. The van der Waals surface area contributed by atoms with E-state index in [-0.39, 0.29) is 22.9 Å². The van der Waals surface area contributed by atoms with Crippen LogP contribution in [0.5, 0.6) is 0 Å². The van der Waals surface area contributed by atoms with Crippen LogP contribution in [0.2, 0.25) is 0 Å². The normalized spacial score (nSPS) is 13.7. The van der Waals surface area contributed by atoms with Gasteiger partial charge >= 0.3 is 15.5 Å². The summed E-state index contributed by atoms with van der Waals surface area (Å²) in [5, 5.41) is 0. The highest BCUT2D eigenvalue weighted by molar-refractivity contribution is 14.1. The summed E-state index contributed by atoms with van der Waals surface area (Å²) in [6.45, 7) is 0. The Morgan fingerprint density at radius 3 is 1.35 bits per heavy atom. The quantitative estimate of drug-likeness (QED) is 0.208. The van der Waals surface area contributed by atoms with Gasteiger partial charge in [0.25, 0.3) is 10.0 Å². The summed E-state index contributed by atoms with van der Waals surface area (Å²) in [5.74, 6) is -14.4. The second kappa shape index (κ2) is 5.96. The van der Waals surface area contributed by atoms with Crippen molar-refractivity contribution in [3.63, 3.8) is 0 Å². The van der Waals surface area contributed by atoms with E-state index in [1.54, 1.807) is 0 Å². The molecule has 0 N–H and O–H groups in total. The Morgan fingerprint density at radius 2 is 1.04 bits per heavy atom. The van der Waals surface area contributed by atoms with Gasteiger partial charge in [-0.3, -0.25) is 0 Å². The first-order chi connectivity index (χ1) is 10.1. The minimum absolute atomic E-state index is 0.0133. The maximum absolute atomic E-state index is 13.3. The number of hydrogen-bond donors (Lipinski definition) is 0. The molecule has 0 saturated carbocycles. The molecule has 1 rings (SSSR count). The van der Waals surface area contributed by atoms with Gasteiger partial charge in [0.1, 0.15) is 0 Å². The summed E-state index contributed by atoms with van der Waals surface area (Å²) in [4.78, 5) is -2.74. The van der Waals surface area contributed by atoms with Crippen LogP contribution in [-0.4, -0.2) is 24.3 Å². The molecule has 0 radical (unpaired) electrons. The molecule has 1 aromatic rings. The summed E-state index contributed by atoms with van der Waals surface area (Å²) in [6.07, 6.45) is 0. The van der Waals surface area contributed by atoms with E-state index in [0.29, 0.717) is 0 Å². The van der Waals surface area contributed by atoms with Crippen molar-refractivity contribution in [3.05, 3.63) is 29.1 Å². The lowest BCUT2D eigenvalue weighted by atomic mass is 10.3. The molecule has 0 atom stereocenters. The molecule has 0 fully saturated rings. The Morgan fingerprint density at radius 1 is 0.739 bits per heavy atom. The molecule has 0 heterocycles. The van der Waals surface area contributed by atoms with Crippen molar-refractivity contribution in [2.24, 2.45) is 0 Å². The number of rotatable bonds is 3. The highest BCUT2D eigenvalue weighted by Gasteiger charge is 2.55. The Bertz CT molecular complexity index is 836. The predicted octanol–water partition coefficient (Wildman–Crippen LogP) is 2.57. The lowest BCUT2D eigenvalue weighted by molar-refractivity contribution is -0.0453. The summed E-state index contributed by atoms with van der Waals surface area (Å²) >= 11 is -0.0133. The molecular formula is C7F8INO4S2. The zero-order valence-electron chi connectivity index (χ0n) is 9.80. The second-order valence-corrected chi connectivity index (χ2v) is 9.51. The lowest BCUT2D eigenvalue weighted by Crippen LogP contribution is -2.39. The minimum Gasteiger partial charge on any atom is -0.205 e. The van der Waals surface area contributed by atoms with Gasteiger partial charge in [0, 0.05) is 0 Å². The van der Waals surface area contributed by atoms with Gasteiger partial charge in [-0.25, -0.2) is 38.8 Å². The van der Waals surface area contributed by atoms with Gasteiger partial charge < -0.3 is 0 Å². The Kier molecular flexibility index (Phi) is 5.26. The highest BCUT2D eigenvalue weighted by atomic mass is 127. The number of sulfonamides is 2. The Labute approximate surface area is 136 Å². The number of benzene rings is 1. The largest absolute Gasteiger partial charge is 0.513 e. The molecule has 132 valence electrons. The third-order valence-corrected chi connectivity index (χ3v) is 8.60. The zero-order chi connectivity index (χ0) is 18.5. The molecule has 0 bridgehead atoms. The number of nitrogens with zero attached hydrogens (tertiary/aromatic N) is 1. The fraction of sp³-hybridized carbons (Fsp3) is 0.143. The van der Waals surface area contributed by atoms with Crippen molar-refractivity contribution in [3.8, 4) is 0 Å². The SMILES string of the molecule is O=S(=O)(c1c(F)c(F)c(F)c(F)c1F)N(I)S(=O)(=O)C(F)(F)F. The van der Waals surface area contributed by atoms with Crippen molar-refractivity contribution in [2.75, 3.05) is 0 Å². The van der Waals surface area contributed by atoms with Crippen LogP contribution < -0.4 is 0 Å². The van der Waals surface area contributed by atoms with Gasteiger partial charge in [-0.05, 0) is 1.92 Å². The van der Waals surface area contributed by atoms with Crippen LogP contribution in [0, 0.1) is 29.1 Å². The highest BCUT2D eigenvalue weighted by Crippen LogP contribution is 2.36. The minimum atomic E-state index is -6.69. The van der Waals surface area contributed by atoms with Crippen LogP contribution in [0.3, 0.4) is 0 Å². The lowest BCUT2D eigenvalue weighted by Gasteiger charge is -2.17. The Hall–Kier alpha value is -0.750. The monoisotopic (exact) mass is 505 g/mol. The maximum atomic E-state index is 13.3. The first kappa shape index (κ1) is 20.3. The second-order valence-electron chi connectivity index (χ2n) is 3.51. The molecule has 0 aliphatic carbocycles. The number of hydrogen-bond acceptors (Lipinski definition) is 4.